The molecule has 1 aliphatic rings. The third-order valence-electron chi connectivity index (χ3n) is 5.79. The van der Waals surface area contributed by atoms with Gasteiger partial charge >= 0.3 is 0 Å². The quantitative estimate of drug-likeness (QED) is 0.564. The number of hydrogen-bond donors (Lipinski definition) is 1. The van der Waals surface area contributed by atoms with Crippen LogP contribution in [-0.4, -0.2) is 28.9 Å². The van der Waals surface area contributed by atoms with Gasteiger partial charge in [-0.3, -0.25) is 9.59 Å². The Labute approximate surface area is 187 Å². The molecular formula is C26H25ClN2O2. The number of carbonyl (C=O) groups excluding carboxylic acids is 1. The number of likely N-dealkylation sites (tertiary alicyclic amines) is 1. The van der Waals surface area contributed by atoms with Crippen molar-refractivity contribution < 1.29 is 4.79 Å². The number of aromatic amines is 1. The molecule has 3 aromatic rings. The van der Waals surface area contributed by atoms with E-state index in [1.165, 1.54) is 11.6 Å². The van der Waals surface area contributed by atoms with Crippen molar-refractivity contribution in [1.29, 1.82) is 0 Å². The Morgan fingerprint density at radius 3 is 2.52 bits per heavy atom. The normalized spacial score (nSPS) is 14.8. The monoisotopic (exact) mass is 432 g/mol. The first-order valence-corrected chi connectivity index (χ1v) is 11.0. The minimum atomic E-state index is -0.123. The molecule has 31 heavy (non-hydrogen) atoms. The van der Waals surface area contributed by atoms with Crippen LogP contribution in [0, 0.1) is 5.92 Å². The Morgan fingerprint density at radius 2 is 1.81 bits per heavy atom. The van der Waals surface area contributed by atoms with Crippen LogP contribution in [0.5, 0.6) is 0 Å². The summed E-state index contributed by atoms with van der Waals surface area (Å²) in [4.78, 5) is 28.5. The van der Waals surface area contributed by atoms with E-state index in [4.69, 9.17) is 11.6 Å². The van der Waals surface area contributed by atoms with Crippen molar-refractivity contribution in [2.75, 3.05) is 13.1 Å². The summed E-state index contributed by atoms with van der Waals surface area (Å²) >= 11 is 5.96. The van der Waals surface area contributed by atoms with Crippen LogP contribution in [0.4, 0.5) is 0 Å². The lowest BCUT2D eigenvalue weighted by Gasteiger charge is -2.31. The van der Waals surface area contributed by atoms with E-state index in [0.29, 0.717) is 5.92 Å². The molecule has 0 atom stereocenters. The Kier molecular flexibility index (Phi) is 6.68. The van der Waals surface area contributed by atoms with Gasteiger partial charge < -0.3 is 9.88 Å². The van der Waals surface area contributed by atoms with E-state index in [1.54, 1.807) is 18.3 Å². The fourth-order valence-corrected chi connectivity index (χ4v) is 4.12. The molecule has 4 rings (SSSR count). The first-order chi connectivity index (χ1) is 15.1. The van der Waals surface area contributed by atoms with E-state index in [1.807, 2.05) is 47.4 Å². The first-order valence-electron chi connectivity index (χ1n) is 10.6. The Morgan fingerprint density at radius 1 is 1.03 bits per heavy atom. The van der Waals surface area contributed by atoms with Crippen LogP contribution in [0.3, 0.4) is 0 Å². The minimum Gasteiger partial charge on any atom is -0.339 e. The number of hydrogen-bond acceptors (Lipinski definition) is 2. The molecule has 0 unspecified atom stereocenters. The summed E-state index contributed by atoms with van der Waals surface area (Å²) in [6, 6.07) is 19.3. The SMILES string of the molecule is O=C(/C=C/c1cccc(-c2ccc(=O)[nH]c2)c1)N1CCC(Cc2ccc(Cl)cc2)CC1. The maximum Gasteiger partial charge on any atom is 0.247 e. The highest BCUT2D eigenvalue weighted by atomic mass is 35.5. The molecule has 1 N–H and O–H groups in total. The standard InChI is InChI=1S/C26H25ClN2O2/c27-24-8-4-20(5-9-24)16-21-12-14-29(15-13-21)26(31)11-6-19-2-1-3-22(17-19)23-7-10-25(30)28-18-23/h1-11,17-18,21H,12-16H2,(H,28,30)/b11-6+. The average molecular weight is 433 g/mol. The molecule has 0 aliphatic carbocycles. The lowest BCUT2D eigenvalue weighted by Crippen LogP contribution is -2.37. The van der Waals surface area contributed by atoms with E-state index in [-0.39, 0.29) is 11.5 Å². The fraction of sp³-hybridized carbons (Fsp3) is 0.231. The number of benzene rings is 2. The summed E-state index contributed by atoms with van der Waals surface area (Å²) in [6.07, 6.45) is 8.29. The smallest absolute Gasteiger partial charge is 0.247 e. The van der Waals surface area contributed by atoms with E-state index >= 15 is 0 Å². The molecule has 1 saturated heterocycles. The van der Waals surface area contributed by atoms with Crippen molar-refractivity contribution >= 4 is 23.6 Å². The van der Waals surface area contributed by atoms with E-state index < -0.39 is 0 Å². The molecule has 158 valence electrons. The lowest BCUT2D eigenvalue weighted by atomic mass is 9.90. The highest BCUT2D eigenvalue weighted by Gasteiger charge is 2.21. The number of H-pyrrole nitrogens is 1. The maximum atomic E-state index is 12.7. The van der Waals surface area contributed by atoms with Crippen LogP contribution in [0.25, 0.3) is 17.2 Å². The maximum absolute atomic E-state index is 12.7. The van der Waals surface area contributed by atoms with Crippen molar-refractivity contribution in [3.8, 4) is 11.1 Å². The molecule has 0 spiro atoms. The summed E-state index contributed by atoms with van der Waals surface area (Å²) in [7, 11) is 0. The third-order valence-corrected chi connectivity index (χ3v) is 6.04. The molecule has 1 aliphatic heterocycles. The molecule has 4 nitrogen and oxygen atoms in total. The average Bonchev–Trinajstić information content (AvgIpc) is 2.80. The summed E-state index contributed by atoms with van der Waals surface area (Å²) in [5, 5.41) is 0.764. The van der Waals surface area contributed by atoms with Gasteiger partial charge in [0.15, 0.2) is 0 Å². The summed E-state index contributed by atoms with van der Waals surface area (Å²) in [6.45, 7) is 1.58. The molecular weight excluding hydrogens is 408 g/mol. The molecule has 5 heteroatoms. The second-order valence-electron chi connectivity index (χ2n) is 8.00. The van der Waals surface area contributed by atoms with Crippen LogP contribution >= 0.6 is 11.6 Å². The van der Waals surface area contributed by atoms with Crippen molar-refractivity contribution in [2.45, 2.75) is 19.3 Å². The lowest BCUT2D eigenvalue weighted by molar-refractivity contribution is -0.127. The highest BCUT2D eigenvalue weighted by Crippen LogP contribution is 2.23. The summed E-state index contributed by atoms with van der Waals surface area (Å²) < 4.78 is 0. The zero-order chi connectivity index (χ0) is 21.6. The van der Waals surface area contributed by atoms with Crippen LogP contribution in [0.15, 0.2) is 77.7 Å². The number of halogens is 1. The van der Waals surface area contributed by atoms with Crippen molar-refractivity contribution in [2.24, 2.45) is 5.92 Å². The van der Waals surface area contributed by atoms with Crippen LogP contribution in [0.1, 0.15) is 24.0 Å². The Balaban J connectivity index is 1.32. The molecule has 0 saturated carbocycles. The second-order valence-corrected chi connectivity index (χ2v) is 8.44. The molecule has 1 fully saturated rings. The minimum absolute atomic E-state index is 0.0550. The zero-order valence-electron chi connectivity index (χ0n) is 17.3. The van der Waals surface area contributed by atoms with Crippen molar-refractivity contribution in [3.63, 3.8) is 0 Å². The molecule has 2 heterocycles. The third kappa shape index (κ3) is 5.74. The van der Waals surface area contributed by atoms with Gasteiger partial charge in [0, 0.05) is 36.5 Å². The van der Waals surface area contributed by atoms with Gasteiger partial charge in [0.1, 0.15) is 0 Å². The second kappa shape index (κ2) is 9.80. The van der Waals surface area contributed by atoms with Gasteiger partial charge in [-0.2, -0.15) is 0 Å². The van der Waals surface area contributed by atoms with Gasteiger partial charge in [-0.15, -0.1) is 0 Å². The van der Waals surface area contributed by atoms with E-state index in [9.17, 15) is 9.59 Å². The number of pyridine rings is 1. The molecule has 0 bridgehead atoms. The summed E-state index contributed by atoms with van der Waals surface area (Å²) in [5.74, 6) is 0.655. The predicted molar refractivity (Wildman–Crippen MR) is 126 cm³/mol. The van der Waals surface area contributed by atoms with Gasteiger partial charge in [0.2, 0.25) is 11.5 Å². The number of nitrogens with zero attached hydrogens (tertiary/aromatic N) is 1. The van der Waals surface area contributed by atoms with Gasteiger partial charge in [0.05, 0.1) is 0 Å². The van der Waals surface area contributed by atoms with Crippen molar-refractivity contribution in [1.82, 2.24) is 9.88 Å². The fourth-order valence-electron chi connectivity index (χ4n) is 4.00. The summed E-state index contributed by atoms with van der Waals surface area (Å²) in [5.41, 5.74) is 4.06. The van der Waals surface area contributed by atoms with Gasteiger partial charge in [-0.1, -0.05) is 41.9 Å². The molecule has 2 aromatic carbocycles. The first kappa shape index (κ1) is 21.1. The van der Waals surface area contributed by atoms with Gasteiger partial charge in [-0.05, 0) is 77.8 Å². The molecule has 1 amide bonds. The highest BCUT2D eigenvalue weighted by molar-refractivity contribution is 6.30. The number of amides is 1. The number of aromatic nitrogens is 1. The van der Waals surface area contributed by atoms with Gasteiger partial charge in [0.25, 0.3) is 0 Å². The molecule has 0 radical (unpaired) electrons. The zero-order valence-corrected chi connectivity index (χ0v) is 18.0. The topological polar surface area (TPSA) is 53.2 Å². The van der Waals surface area contributed by atoms with Crippen LogP contribution in [-0.2, 0) is 11.2 Å². The predicted octanol–water partition coefficient (Wildman–Crippen LogP) is 5.19. The number of rotatable bonds is 5. The number of piperidine rings is 1. The van der Waals surface area contributed by atoms with Crippen LogP contribution in [0.2, 0.25) is 5.02 Å². The van der Waals surface area contributed by atoms with E-state index in [0.717, 1.165) is 54.1 Å². The van der Waals surface area contributed by atoms with Crippen LogP contribution < -0.4 is 5.56 Å². The van der Waals surface area contributed by atoms with Gasteiger partial charge in [-0.25, -0.2) is 0 Å². The number of nitrogens with one attached hydrogen (secondary N) is 1. The number of carbonyl (C=O) groups is 1. The Bertz CT molecular complexity index is 1110. The van der Waals surface area contributed by atoms with Crippen molar-refractivity contribution in [3.05, 3.63) is 99.4 Å². The Hall–Kier alpha value is -3.11. The largest absolute Gasteiger partial charge is 0.339 e. The molecule has 1 aromatic heterocycles. The van der Waals surface area contributed by atoms with E-state index in [2.05, 4.69) is 17.1 Å².